The molecule has 0 atom stereocenters. The first-order valence-corrected chi connectivity index (χ1v) is 5.74. The van der Waals surface area contributed by atoms with Gasteiger partial charge in [-0.15, -0.1) is 0 Å². The van der Waals surface area contributed by atoms with Crippen LogP contribution < -0.4 is 0 Å². The standard InChI is InChI=1S/C14H17FO2/c1-3-4-5-12(14(16)17)9-11-6-7-13(15)10(2)8-11/h6-9H,3-5H2,1-2H3,(H,16,17)/b12-9-. The average molecular weight is 236 g/mol. The van der Waals surface area contributed by atoms with E-state index in [1.165, 1.54) is 6.07 Å². The van der Waals surface area contributed by atoms with Crippen molar-refractivity contribution < 1.29 is 14.3 Å². The molecule has 1 rings (SSSR count). The van der Waals surface area contributed by atoms with Gasteiger partial charge in [0.1, 0.15) is 5.82 Å². The SMILES string of the molecule is CCCC/C(=C/c1ccc(F)c(C)c1)C(=O)O. The molecule has 0 radical (unpaired) electrons. The van der Waals surface area contributed by atoms with E-state index in [9.17, 15) is 9.18 Å². The van der Waals surface area contributed by atoms with Crippen molar-refractivity contribution in [1.82, 2.24) is 0 Å². The minimum absolute atomic E-state index is 0.271. The van der Waals surface area contributed by atoms with E-state index in [1.807, 2.05) is 6.92 Å². The number of unbranched alkanes of at least 4 members (excludes halogenated alkanes) is 1. The Morgan fingerprint density at radius 2 is 2.18 bits per heavy atom. The topological polar surface area (TPSA) is 37.3 Å². The van der Waals surface area contributed by atoms with E-state index >= 15 is 0 Å². The number of carboxylic acids is 1. The van der Waals surface area contributed by atoms with Crippen molar-refractivity contribution in [1.29, 1.82) is 0 Å². The van der Waals surface area contributed by atoms with Gasteiger partial charge in [-0.1, -0.05) is 19.4 Å². The molecule has 1 aromatic carbocycles. The highest BCUT2D eigenvalue weighted by atomic mass is 19.1. The molecule has 0 saturated carbocycles. The molecule has 17 heavy (non-hydrogen) atoms. The fraction of sp³-hybridized carbons (Fsp3) is 0.357. The van der Waals surface area contributed by atoms with Crippen LogP contribution in [0.1, 0.15) is 37.3 Å². The van der Waals surface area contributed by atoms with Gasteiger partial charge in [0.15, 0.2) is 0 Å². The van der Waals surface area contributed by atoms with Gasteiger partial charge in [0.05, 0.1) is 0 Å². The van der Waals surface area contributed by atoms with Crippen LogP contribution in [0, 0.1) is 12.7 Å². The first-order chi connectivity index (χ1) is 8.04. The zero-order chi connectivity index (χ0) is 12.8. The first kappa shape index (κ1) is 13.4. The number of carbonyl (C=O) groups is 1. The minimum atomic E-state index is -0.902. The van der Waals surface area contributed by atoms with Crippen LogP contribution in [0.2, 0.25) is 0 Å². The van der Waals surface area contributed by atoms with E-state index in [-0.39, 0.29) is 5.82 Å². The molecule has 0 aromatic heterocycles. The third-order valence-corrected chi connectivity index (χ3v) is 2.60. The Labute approximate surface area is 101 Å². The molecule has 0 fully saturated rings. The summed E-state index contributed by atoms with van der Waals surface area (Å²) in [4.78, 5) is 11.0. The molecule has 0 unspecified atom stereocenters. The second-order valence-electron chi connectivity index (χ2n) is 4.09. The number of hydrogen-bond acceptors (Lipinski definition) is 1. The smallest absolute Gasteiger partial charge is 0.331 e. The summed E-state index contributed by atoms with van der Waals surface area (Å²) in [6.07, 6.45) is 3.96. The number of halogens is 1. The van der Waals surface area contributed by atoms with Gasteiger partial charge in [0.2, 0.25) is 0 Å². The van der Waals surface area contributed by atoms with Gasteiger partial charge in [-0.3, -0.25) is 0 Å². The second kappa shape index (κ2) is 6.18. The summed E-state index contributed by atoms with van der Waals surface area (Å²) in [5.74, 6) is -1.17. The summed E-state index contributed by atoms with van der Waals surface area (Å²) in [5.41, 5.74) is 1.63. The number of aliphatic carboxylic acids is 1. The highest BCUT2D eigenvalue weighted by Crippen LogP contribution is 2.16. The predicted molar refractivity (Wildman–Crippen MR) is 66.3 cm³/mol. The van der Waals surface area contributed by atoms with Crippen LogP contribution in [0.4, 0.5) is 4.39 Å². The summed E-state index contributed by atoms with van der Waals surface area (Å²) < 4.78 is 13.1. The van der Waals surface area contributed by atoms with Crippen LogP contribution in [0.15, 0.2) is 23.8 Å². The lowest BCUT2D eigenvalue weighted by atomic mass is 10.0. The zero-order valence-corrected chi connectivity index (χ0v) is 10.2. The Morgan fingerprint density at radius 3 is 2.71 bits per heavy atom. The lowest BCUT2D eigenvalue weighted by Crippen LogP contribution is -2.00. The molecule has 0 aliphatic rings. The third kappa shape index (κ3) is 4.02. The van der Waals surface area contributed by atoms with Crippen molar-refractivity contribution >= 4 is 12.0 Å². The van der Waals surface area contributed by atoms with Crippen LogP contribution in [0.25, 0.3) is 6.08 Å². The number of hydrogen-bond donors (Lipinski definition) is 1. The van der Waals surface area contributed by atoms with Gasteiger partial charge in [0.25, 0.3) is 0 Å². The van der Waals surface area contributed by atoms with Gasteiger partial charge in [0, 0.05) is 5.57 Å². The average Bonchev–Trinajstić information content (AvgIpc) is 2.28. The van der Waals surface area contributed by atoms with E-state index in [2.05, 4.69) is 0 Å². The van der Waals surface area contributed by atoms with Gasteiger partial charge in [-0.2, -0.15) is 0 Å². The largest absolute Gasteiger partial charge is 0.478 e. The highest BCUT2D eigenvalue weighted by molar-refractivity contribution is 5.92. The van der Waals surface area contributed by atoms with Gasteiger partial charge < -0.3 is 5.11 Å². The van der Waals surface area contributed by atoms with E-state index < -0.39 is 5.97 Å². The maximum atomic E-state index is 13.1. The third-order valence-electron chi connectivity index (χ3n) is 2.60. The summed E-state index contributed by atoms with van der Waals surface area (Å²) in [5, 5.41) is 9.04. The van der Waals surface area contributed by atoms with Crippen LogP contribution in [0.5, 0.6) is 0 Å². The molecule has 2 nitrogen and oxygen atoms in total. The van der Waals surface area contributed by atoms with Gasteiger partial charge in [-0.25, -0.2) is 9.18 Å². The molecule has 0 aliphatic carbocycles. The van der Waals surface area contributed by atoms with Gasteiger partial charge in [-0.05, 0) is 49.1 Å². The molecule has 0 aliphatic heterocycles. The Bertz CT molecular complexity index is 436. The molecule has 0 saturated heterocycles. The molecular formula is C14H17FO2. The van der Waals surface area contributed by atoms with E-state index in [1.54, 1.807) is 25.1 Å². The molecule has 3 heteroatoms. The summed E-state index contributed by atoms with van der Waals surface area (Å²) in [6.45, 7) is 3.68. The van der Waals surface area contributed by atoms with Crippen molar-refractivity contribution in [3.8, 4) is 0 Å². The maximum absolute atomic E-state index is 13.1. The van der Waals surface area contributed by atoms with Crippen LogP contribution in [0.3, 0.4) is 0 Å². The predicted octanol–water partition coefficient (Wildman–Crippen LogP) is 3.79. The van der Waals surface area contributed by atoms with Crippen LogP contribution >= 0.6 is 0 Å². The van der Waals surface area contributed by atoms with Crippen molar-refractivity contribution in [2.45, 2.75) is 33.1 Å². The fourth-order valence-corrected chi connectivity index (χ4v) is 1.57. The Morgan fingerprint density at radius 1 is 1.47 bits per heavy atom. The lowest BCUT2D eigenvalue weighted by Gasteiger charge is -2.03. The zero-order valence-electron chi connectivity index (χ0n) is 10.2. The number of carboxylic acid groups (broad SMARTS) is 1. The minimum Gasteiger partial charge on any atom is -0.478 e. The molecule has 0 spiro atoms. The van der Waals surface area contributed by atoms with Crippen molar-refractivity contribution in [2.75, 3.05) is 0 Å². The number of benzene rings is 1. The van der Waals surface area contributed by atoms with Crippen molar-refractivity contribution in [2.24, 2.45) is 0 Å². The quantitative estimate of drug-likeness (QED) is 0.790. The fourth-order valence-electron chi connectivity index (χ4n) is 1.57. The molecule has 0 bridgehead atoms. The second-order valence-corrected chi connectivity index (χ2v) is 4.09. The Kier molecular flexibility index (Phi) is 4.88. The highest BCUT2D eigenvalue weighted by Gasteiger charge is 2.07. The molecule has 1 N–H and O–H groups in total. The molecule has 0 heterocycles. The normalized spacial score (nSPS) is 11.6. The monoisotopic (exact) mass is 236 g/mol. The molecule has 0 amide bonds. The Hall–Kier alpha value is -1.64. The number of aryl methyl sites for hydroxylation is 1. The summed E-state index contributed by atoms with van der Waals surface area (Å²) >= 11 is 0. The summed E-state index contributed by atoms with van der Waals surface area (Å²) in [7, 11) is 0. The first-order valence-electron chi connectivity index (χ1n) is 5.74. The van der Waals surface area contributed by atoms with Crippen LogP contribution in [-0.4, -0.2) is 11.1 Å². The number of rotatable bonds is 5. The molecular weight excluding hydrogens is 219 g/mol. The van der Waals surface area contributed by atoms with E-state index in [4.69, 9.17) is 5.11 Å². The van der Waals surface area contributed by atoms with Crippen molar-refractivity contribution in [3.63, 3.8) is 0 Å². The van der Waals surface area contributed by atoms with E-state index in [0.29, 0.717) is 17.6 Å². The molecule has 92 valence electrons. The summed E-state index contributed by atoms with van der Waals surface area (Å²) in [6, 6.07) is 4.61. The Balaban J connectivity index is 2.95. The van der Waals surface area contributed by atoms with Crippen LogP contribution in [-0.2, 0) is 4.79 Å². The van der Waals surface area contributed by atoms with Gasteiger partial charge >= 0.3 is 5.97 Å². The lowest BCUT2D eigenvalue weighted by molar-refractivity contribution is -0.132. The maximum Gasteiger partial charge on any atom is 0.331 e. The van der Waals surface area contributed by atoms with E-state index in [0.717, 1.165) is 18.4 Å². The van der Waals surface area contributed by atoms with Crippen molar-refractivity contribution in [3.05, 3.63) is 40.7 Å². The molecule has 1 aromatic rings.